The van der Waals surface area contributed by atoms with Crippen molar-refractivity contribution >= 4 is 40.8 Å². The lowest BCUT2D eigenvalue weighted by molar-refractivity contribution is -0.178. The molecule has 1 amide bonds. The minimum absolute atomic E-state index is 0.123. The Morgan fingerprint density at radius 1 is 1.10 bits per heavy atom. The summed E-state index contributed by atoms with van der Waals surface area (Å²) in [6.07, 6.45) is -4.00. The van der Waals surface area contributed by atoms with Crippen LogP contribution >= 0.6 is 23.2 Å². The van der Waals surface area contributed by atoms with Crippen LogP contribution in [0.15, 0.2) is 42.5 Å². The van der Waals surface area contributed by atoms with Crippen molar-refractivity contribution in [2.45, 2.75) is 38.8 Å². The van der Waals surface area contributed by atoms with Crippen LogP contribution in [-0.2, 0) is 16.0 Å². The number of amides is 1. The van der Waals surface area contributed by atoms with E-state index in [0.29, 0.717) is 17.0 Å². The Labute approximate surface area is 188 Å². The molecule has 0 aromatic heterocycles. The summed E-state index contributed by atoms with van der Waals surface area (Å²) < 4.78 is 40.4. The number of carbonyl (C=O) groups is 2. The van der Waals surface area contributed by atoms with Gasteiger partial charge < -0.3 is 10.4 Å². The van der Waals surface area contributed by atoms with Gasteiger partial charge >= 0.3 is 12.1 Å². The van der Waals surface area contributed by atoms with Crippen molar-refractivity contribution in [2.24, 2.45) is 11.8 Å². The second-order valence-corrected chi connectivity index (χ2v) is 8.15. The molecule has 3 atom stereocenters. The summed E-state index contributed by atoms with van der Waals surface area (Å²) in [6, 6.07) is 10.2. The highest BCUT2D eigenvalue weighted by atomic mass is 35.5. The summed E-state index contributed by atoms with van der Waals surface area (Å²) in [5, 5.41) is 12.2. The van der Waals surface area contributed by atoms with E-state index in [1.807, 2.05) is 0 Å². The van der Waals surface area contributed by atoms with Crippen molar-refractivity contribution in [3.05, 3.63) is 63.6 Å². The van der Waals surface area contributed by atoms with Crippen LogP contribution in [0.25, 0.3) is 0 Å². The van der Waals surface area contributed by atoms with Crippen molar-refractivity contribution < 1.29 is 27.9 Å². The van der Waals surface area contributed by atoms with E-state index in [2.05, 4.69) is 5.32 Å². The molecular formula is C22H22Cl2F3NO3. The molecule has 2 aromatic carbocycles. The van der Waals surface area contributed by atoms with Crippen molar-refractivity contribution in [1.29, 1.82) is 0 Å². The van der Waals surface area contributed by atoms with E-state index in [1.54, 1.807) is 13.0 Å². The SMILES string of the molecule is CCC(Cc1ccc(Cl)c(NC(=O)C(c2ccc(Cl)cc2)C(C)C(F)(F)F)c1)C(=O)O. The highest BCUT2D eigenvalue weighted by Crippen LogP contribution is 2.39. The zero-order valence-corrected chi connectivity index (χ0v) is 18.4. The third-order valence-corrected chi connectivity index (χ3v) is 5.72. The maximum Gasteiger partial charge on any atom is 0.392 e. The van der Waals surface area contributed by atoms with E-state index in [9.17, 15) is 27.9 Å². The Morgan fingerprint density at radius 2 is 1.71 bits per heavy atom. The number of hydrogen-bond donors (Lipinski definition) is 2. The topological polar surface area (TPSA) is 66.4 Å². The molecule has 31 heavy (non-hydrogen) atoms. The Kier molecular flexibility index (Phi) is 8.37. The largest absolute Gasteiger partial charge is 0.481 e. The molecule has 168 valence electrons. The van der Waals surface area contributed by atoms with Crippen LogP contribution in [0, 0.1) is 11.8 Å². The minimum Gasteiger partial charge on any atom is -0.481 e. The monoisotopic (exact) mass is 475 g/mol. The molecule has 2 aromatic rings. The van der Waals surface area contributed by atoms with Crippen LogP contribution in [0.2, 0.25) is 10.0 Å². The van der Waals surface area contributed by atoms with Gasteiger partial charge in [-0.25, -0.2) is 0 Å². The number of anilines is 1. The number of carboxylic acid groups (broad SMARTS) is 1. The Balaban J connectivity index is 2.35. The third kappa shape index (κ3) is 6.61. The van der Waals surface area contributed by atoms with Gasteiger partial charge in [0, 0.05) is 5.02 Å². The Hall–Kier alpha value is -2.25. The van der Waals surface area contributed by atoms with E-state index in [0.717, 1.165) is 6.92 Å². The van der Waals surface area contributed by atoms with Crippen molar-refractivity contribution in [3.8, 4) is 0 Å². The molecule has 3 unspecified atom stereocenters. The first-order chi connectivity index (χ1) is 14.4. The van der Waals surface area contributed by atoms with E-state index >= 15 is 0 Å². The Morgan fingerprint density at radius 3 is 2.23 bits per heavy atom. The second kappa shape index (κ2) is 10.4. The number of carboxylic acids is 1. The number of halogens is 5. The zero-order valence-electron chi connectivity index (χ0n) is 16.8. The molecule has 0 saturated carbocycles. The molecule has 0 radical (unpaired) electrons. The Bertz CT molecular complexity index is 933. The normalized spacial score (nSPS) is 14.5. The van der Waals surface area contributed by atoms with Crippen LogP contribution in [0.4, 0.5) is 18.9 Å². The van der Waals surface area contributed by atoms with E-state index < -0.39 is 35.8 Å². The first-order valence-corrected chi connectivity index (χ1v) is 10.3. The fourth-order valence-corrected chi connectivity index (χ4v) is 3.51. The maximum absolute atomic E-state index is 13.5. The van der Waals surface area contributed by atoms with Gasteiger partial charge in [0.25, 0.3) is 0 Å². The summed E-state index contributed by atoms with van der Waals surface area (Å²) in [5.41, 5.74) is 0.884. The van der Waals surface area contributed by atoms with Gasteiger partial charge in [0.1, 0.15) is 0 Å². The van der Waals surface area contributed by atoms with Crippen LogP contribution < -0.4 is 5.32 Å². The summed E-state index contributed by atoms with van der Waals surface area (Å²) in [4.78, 5) is 24.2. The number of hydrogen-bond acceptors (Lipinski definition) is 2. The summed E-state index contributed by atoms with van der Waals surface area (Å²) in [6.45, 7) is 2.68. The van der Waals surface area contributed by atoms with Gasteiger partial charge in [-0.05, 0) is 48.2 Å². The van der Waals surface area contributed by atoms with Crippen molar-refractivity contribution in [2.75, 3.05) is 5.32 Å². The lowest BCUT2D eigenvalue weighted by Gasteiger charge is -2.26. The number of alkyl halides is 3. The highest BCUT2D eigenvalue weighted by Gasteiger charge is 2.45. The predicted octanol–water partition coefficient (Wildman–Crippen LogP) is 6.57. The second-order valence-electron chi connectivity index (χ2n) is 7.31. The van der Waals surface area contributed by atoms with Gasteiger partial charge in [0.2, 0.25) is 5.91 Å². The minimum atomic E-state index is -4.61. The van der Waals surface area contributed by atoms with E-state index in [1.165, 1.54) is 36.4 Å². The smallest absolute Gasteiger partial charge is 0.392 e. The summed E-state index contributed by atoms with van der Waals surface area (Å²) >= 11 is 12.0. The fraction of sp³-hybridized carbons (Fsp3) is 0.364. The number of carbonyl (C=O) groups excluding carboxylic acids is 1. The molecule has 0 aliphatic rings. The quantitative estimate of drug-likeness (QED) is 0.453. The number of rotatable bonds is 8. The molecule has 0 saturated heterocycles. The molecule has 2 rings (SSSR count). The van der Waals surface area contributed by atoms with Crippen molar-refractivity contribution in [3.63, 3.8) is 0 Å². The van der Waals surface area contributed by atoms with Gasteiger partial charge in [-0.15, -0.1) is 0 Å². The van der Waals surface area contributed by atoms with Crippen LogP contribution in [0.1, 0.15) is 37.3 Å². The maximum atomic E-state index is 13.5. The molecule has 0 bridgehead atoms. The van der Waals surface area contributed by atoms with Crippen LogP contribution in [0.3, 0.4) is 0 Å². The molecular weight excluding hydrogens is 454 g/mol. The first kappa shape index (κ1) is 25.0. The van der Waals surface area contributed by atoms with Crippen LogP contribution in [-0.4, -0.2) is 23.2 Å². The number of aliphatic carboxylic acids is 1. The van der Waals surface area contributed by atoms with Gasteiger partial charge in [-0.2, -0.15) is 13.2 Å². The molecule has 9 heteroatoms. The lowest BCUT2D eigenvalue weighted by atomic mass is 9.85. The molecule has 0 spiro atoms. The first-order valence-electron chi connectivity index (χ1n) is 9.58. The molecule has 0 aliphatic carbocycles. The van der Waals surface area contributed by atoms with Gasteiger partial charge in [-0.1, -0.05) is 55.2 Å². The highest BCUT2D eigenvalue weighted by molar-refractivity contribution is 6.33. The third-order valence-electron chi connectivity index (χ3n) is 5.14. The lowest BCUT2D eigenvalue weighted by Crippen LogP contribution is -2.34. The molecule has 4 nitrogen and oxygen atoms in total. The van der Waals surface area contributed by atoms with Gasteiger partial charge in [0.05, 0.1) is 28.5 Å². The molecule has 0 fully saturated rings. The van der Waals surface area contributed by atoms with Crippen LogP contribution in [0.5, 0.6) is 0 Å². The van der Waals surface area contributed by atoms with E-state index in [-0.39, 0.29) is 22.7 Å². The number of nitrogens with one attached hydrogen (secondary N) is 1. The zero-order chi connectivity index (χ0) is 23.3. The van der Waals surface area contributed by atoms with Gasteiger partial charge in [0.15, 0.2) is 0 Å². The molecule has 0 heterocycles. The van der Waals surface area contributed by atoms with Crippen molar-refractivity contribution in [1.82, 2.24) is 0 Å². The average Bonchev–Trinajstić information content (AvgIpc) is 2.69. The molecule has 0 aliphatic heterocycles. The summed E-state index contributed by atoms with van der Waals surface area (Å²) in [7, 11) is 0. The fourth-order valence-electron chi connectivity index (χ4n) is 3.22. The predicted molar refractivity (Wildman–Crippen MR) is 115 cm³/mol. The standard InChI is InChI=1S/C22H22Cl2F3NO3/c1-3-14(21(30)31)10-13-4-9-17(24)18(11-13)28-20(29)19(12(2)22(25,26)27)15-5-7-16(23)8-6-15/h4-9,11-12,14,19H,3,10H2,1-2H3,(H,28,29)(H,30,31). The molecule has 2 N–H and O–H groups in total. The summed E-state index contributed by atoms with van der Waals surface area (Å²) in [5.74, 6) is -5.95. The van der Waals surface area contributed by atoms with E-state index in [4.69, 9.17) is 23.2 Å². The number of benzene rings is 2. The average molecular weight is 476 g/mol. The van der Waals surface area contributed by atoms with Gasteiger partial charge in [-0.3, -0.25) is 9.59 Å².